The van der Waals surface area contributed by atoms with Crippen LogP contribution in [0.3, 0.4) is 0 Å². The van der Waals surface area contributed by atoms with Crippen LogP contribution in [-0.2, 0) is 5.60 Å². The molecule has 0 unspecified atom stereocenters. The van der Waals surface area contributed by atoms with Crippen molar-refractivity contribution in [3.8, 4) is 0 Å². The molecule has 0 aromatic heterocycles. The average Bonchev–Trinajstić information content (AvgIpc) is 2.87. The van der Waals surface area contributed by atoms with Gasteiger partial charge in [-0.25, -0.2) is 0 Å². The Morgan fingerprint density at radius 2 is 1.75 bits per heavy atom. The van der Waals surface area contributed by atoms with E-state index in [-0.39, 0.29) is 6.10 Å². The van der Waals surface area contributed by atoms with Crippen molar-refractivity contribution in [3.63, 3.8) is 0 Å². The van der Waals surface area contributed by atoms with Gasteiger partial charge in [-0.3, -0.25) is 4.90 Å². The first-order valence-corrected chi connectivity index (χ1v) is 7.80. The fourth-order valence-corrected chi connectivity index (χ4v) is 3.72. The van der Waals surface area contributed by atoms with Crippen LogP contribution in [0.15, 0.2) is 24.3 Å². The minimum Gasteiger partial charge on any atom is -0.391 e. The summed E-state index contributed by atoms with van der Waals surface area (Å²) in [5.41, 5.74) is 1.58. The molecule has 1 aliphatic carbocycles. The summed E-state index contributed by atoms with van der Waals surface area (Å²) >= 11 is 0. The van der Waals surface area contributed by atoms with Crippen molar-refractivity contribution in [1.29, 1.82) is 0 Å². The van der Waals surface area contributed by atoms with Crippen LogP contribution in [0.5, 0.6) is 0 Å². The van der Waals surface area contributed by atoms with Crippen LogP contribution in [0.1, 0.15) is 43.2 Å². The molecule has 2 fully saturated rings. The SMILES string of the molecule is Cc1ccc(C2(O)CCN([C@@H]3CCC[C@H]3O)CC2)cc1. The van der Waals surface area contributed by atoms with Crippen LogP contribution in [-0.4, -0.2) is 40.3 Å². The molecule has 2 atom stereocenters. The Hall–Kier alpha value is -0.900. The molecule has 1 aromatic rings. The molecule has 1 aromatic carbocycles. The molecule has 3 rings (SSSR count). The number of benzene rings is 1. The Morgan fingerprint density at radius 1 is 1.10 bits per heavy atom. The van der Waals surface area contributed by atoms with E-state index < -0.39 is 5.60 Å². The molecule has 0 amide bonds. The zero-order valence-electron chi connectivity index (χ0n) is 12.3. The summed E-state index contributed by atoms with van der Waals surface area (Å²) in [6.07, 6.45) is 4.52. The number of rotatable bonds is 2. The first kappa shape index (κ1) is 14.1. The Labute approximate surface area is 121 Å². The van der Waals surface area contributed by atoms with Crippen molar-refractivity contribution in [2.75, 3.05) is 13.1 Å². The Morgan fingerprint density at radius 3 is 2.30 bits per heavy atom. The summed E-state index contributed by atoms with van der Waals surface area (Å²) in [5.74, 6) is 0. The molecule has 1 heterocycles. The number of hydrogen-bond acceptors (Lipinski definition) is 3. The number of aryl methyl sites for hydroxylation is 1. The van der Waals surface area contributed by atoms with Crippen molar-refractivity contribution >= 4 is 0 Å². The second kappa shape index (κ2) is 5.47. The fourth-order valence-electron chi connectivity index (χ4n) is 3.72. The predicted molar refractivity (Wildman–Crippen MR) is 79.5 cm³/mol. The first-order chi connectivity index (χ1) is 9.58. The lowest BCUT2D eigenvalue weighted by Crippen LogP contribution is -2.49. The smallest absolute Gasteiger partial charge is 0.0920 e. The molecule has 2 N–H and O–H groups in total. The van der Waals surface area contributed by atoms with Gasteiger partial charge in [0.25, 0.3) is 0 Å². The van der Waals surface area contributed by atoms with Gasteiger partial charge < -0.3 is 10.2 Å². The number of hydrogen-bond donors (Lipinski definition) is 2. The molecule has 20 heavy (non-hydrogen) atoms. The summed E-state index contributed by atoms with van der Waals surface area (Å²) in [6, 6.07) is 8.56. The molecule has 0 spiro atoms. The topological polar surface area (TPSA) is 43.7 Å². The second-order valence-electron chi connectivity index (χ2n) is 6.50. The van der Waals surface area contributed by atoms with Crippen LogP contribution in [0.25, 0.3) is 0 Å². The van der Waals surface area contributed by atoms with Gasteiger partial charge in [-0.1, -0.05) is 29.8 Å². The quantitative estimate of drug-likeness (QED) is 0.869. The van der Waals surface area contributed by atoms with Gasteiger partial charge >= 0.3 is 0 Å². The molecule has 1 saturated carbocycles. The van der Waals surface area contributed by atoms with Gasteiger partial charge in [0, 0.05) is 19.1 Å². The van der Waals surface area contributed by atoms with Gasteiger partial charge in [0.2, 0.25) is 0 Å². The van der Waals surface area contributed by atoms with Crippen LogP contribution < -0.4 is 0 Å². The molecule has 2 aliphatic rings. The van der Waals surface area contributed by atoms with Gasteiger partial charge in [0.15, 0.2) is 0 Å². The molecular formula is C17H25NO2. The van der Waals surface area contributed by atoms with E-state index in [1.807, 2.05) is 0 Å². The summed E-state index contributed by atoms with van der Waals surface area (Å²) in [6.45, 7) is 3.83. The van der Waals surface area contributed by atoms with E-state index in [1.54, 1.807) is 0 Å². The molecule has 1 aliphatic heterocycles. The second-order valence-corrected chi connectivity index (χ2v) is 6.50. The van der Waals surface area contributed by atoms with E-state index in [4.69, 9.17) is 0 Å². The number of piperidine rings is 1. The van der Waals surface area contributed by atoms with Crippen molar-refractivity contribution in [2.24, 2.45) is 0 Å². The minimum atomic E-state index is -0.687. The molecule has 0 bridgehead atoms. The van der Waals surface area contributed by atoms with E-state index in [2.05, 4.69) is 36.1 Å². The summed E-state index contributed by atoms with van der Waals surface area (Å²) < 4.78 is 0. The van der Waals surface area contributed by atoms with E-state index in [0.29, 0.717) is 6.04 Å². The summed E-state index contributed by atoms with van der Waals surface area (Å²) in [5, 5.41) is 20.9. The highest BCUT2D eigenvalue weighted by Gasteiger charge is 2.38. The Kier molecular flexibility index (Phi) is 3.85. The maximum atomic E-state index is 10.9. The van der Waals surface area contributed by atoms with Gasteiger partial charge in [0.05, 0.1) is 11.7 Å². The zero-order valence-corrected chi connectivity index (χ0v) is 12.3. The normalized spacial score (nSPS) is 30.6. The lowest BCUT2D eigenvalue weighted by molar-refractivity contribution is -0.0477. The average molecular weight is 275 g/mol. The summed E-state index contributed by atoms with van der Waals surface area (Å²) in [4.78, 5) is 2.38. The molecule has 3 heteroatoms. The number of aliphatic hydroxyl groups excluding tert-OH is 1. The fraction of sp³-hybridized carbons (Fsp3) is 0.647. The highest BCUT2D eigenvalue weighted by Crippen LogP contribution is 2.35. The highest BCUT2D eigenvalue weighted by molar-refractivity contribution is 5.27. The van der Waals surface area contributed by atoms with Gasteiger partial charge in [-0.05, 0) is 44.6 Å². The Balaban J connectivity index is 1.66. The van der Waals surface area contributed by atoms with Crippen molar-refractivity contribution in [3.05, 3.63) is 35.4 Å². The lowest BCUT2D eigenvalue weighted by atomic mass is 9.83. The van der Waals surface area contributed by atoms with Crippen LogP contribution in [0.2, 0.25) is 0 Å². The molecular weight excluding hydrogens is 250 g/mol. The largest absolute Gasteiger partial charge is 0.391 e. The standard InChI is InChI=1S/C17H25NO2/c1-13-5-7-14(8-6-13)17(20)9-11-18(12-10-17)15-3-2-4-16(15)19/h5-8,15-16,19-20H,2-4,9-12H2,1H3/t15-,16-/m1/s1. The zero-order chi connectivity index (χ0) is 14.2. The van der Waals surface area contributed by atoms with Gasteiger partial charge in [-0.15, -0.1) is 0 Å². The van der Waals surface area contributed by atoms with Crippen molar-refractivity contribution in [2.45, 2.75) is 56.8 Å². The van der Waals surface area contributed by atoms with Crippen LogP contribution in [0, 0.1) is 6.92 Å². The van der Waals surface area contributed by atoms with E-state index in [1.165, 1.54) is 5.56 Å². The van der Waals surface area contributed by atoms with Gasteiger partial charge in [-0.2, -0.15) is 0 Å². The Bertz CT molecular complexity index is 449. The maximum absolute atomic E-state index is 10.9. The van der Waals surface area contributed by atoms with Crippen molar-refractivity contribution < 1.29 is 10.2 Å². The summed E-state index contributed by atoms with van der Waals surface area (Å²) in [7, 11) is 0. The molecule has 3 nitrogen and oxygen atoms in total. The van der Waals surface area contributed by atoms with E-state index in [9.17, 15) is 10.2 Å². The third kappa shape index (κ3) is 2.62. The van der Waals surface area contributed by atoms with Crippen LogP contribution in [0.4, 0.5) is 0 Å². The van der Waals surface area contributed by atoms with Crippen LogP contribution >= 0.6 is 0 Å². The number of aliphatic hydroxyl groups is 2. The molecule has 1 saturated heterocycles. The van der Waals surface area contributed by atoms with E-state index in [0.717, 1.165) is 50.8 Å². The van der Waals surface area contributed by atoms with Gasteiger partial charge in [0.1, 0.15) is 0 Å². The third-order valence-electron chi connectivity index (χ3n) is 5.13. The number of likely N-dealkylation sites (tertiary alicyclic amines) is 1. The first-order valence-electron chi connectivity index (χ1n) is 7.80. The molecule has 0 radical (unpaired) electrons. The predicted octanol–water partition coefficient (Wildman–Crippen LogP) is 2.19. The highest BCUT2D eigenvalue weighted by atomic mass is 16.3. The lowest BCUT2D eigenvalue weighted by Gasteiger charge is -2.42. The minimum absolute atomic E-state index is 0.166. The van der Waals surface area contributed by atoms with E-state index >= 15 is 0 Å². The van der Waals surface area contributed by atoms with Crippen molar-refractivity contribution in [1.82, 2.24) is 4.90 Å². The maximum Gasteiger partial charge on any atom is 0.0920 e. The molecule has 110 valence electrons. The third-order valence-corrected chi connectivity index (χ3v) is 5.13. The monoisotopic (exact) mass is 275 g/mol. The number of nitrogens with zero attached hydrogens (tertiary/aromatic N) is 1.